The number of methoxy groups -OCH3 is 1. The van der Waals surface area contributed by atoms with Crippen molar-refractivity contribution in [2.24, 2.45) is 9.98 Å². The van der Waals surface area contributed by atoms with Gasteiger partial charge in [0.15, 0.2) is 5.57 Å². The molecule has 0 atom stereocenters. The molecule has 140 valence electrons. The van der Waals surface area contributed by atoms with Crippen LogP contribution < -0.4 is 0 Å². The third-order valence-corrected chi connectivity index (χ3v) is 2.64. The van der Waals surface area contributed by atoms with Crippen molar-refractivity contribution in [3.05, 3.63) is 47.8 Å². The molecule has 0 bridgehead atoms. The highest BCUT2D eigenvalue weighted by molar-refractivity contribution is 6.02. The minimum absolute atomic E-state index is 0.562. The Morgan fingerprint density at radius 3 is 1.88 bits per heavy atom. The van der Waals surface area contributed by atoms with E-state index in [2.05, 4.69) is 27.9 Å². The Morgan fingerprint density at radius 1 is 1.04 bits per heavy atom. The molecule has 0 N–H and O–H groups in total. The second-order valence-corrected chi connectivity index (χ2v) is 4.41. The molecule has 0 aromatic rings. The Hall–Kier alpha value is -2.39. The predicted octanol–water partition coefficient (Wildman–Crippen LogP) is 5.44. The van der Waals surface area contributed by atoms with Gasteiger partial charge >= 0.3 is 12.4 Å². The molecule has 0 saturated carbocycles. The van der Waals surface area contributed by atoms with E-state index in [1.807, 2.05) is 0 Å². The van der Waals surface area contributed by atoms with Crippen LogP contribution in [0.15, 0.2) is 57.8 Å². The van der Waals surface area contributed by atoms with E-state index in [0.717, 1.165) is 26.4 Å². The van der Waals surface area contributed by atoms with Gasteiger partial charge in [0, 0.05) is 18.0 Å². The van der Waals surface area contributed by atoms with Gasteiger partial charge in [-0.15, -0.1) is 0 Å². The van der Waals surface area contributed by atoms with Gasteiger partial charge in [-0.2, -0.15) is 26.3 Å². The Balaban J connectivity index is 6.43. The summed E-state index contributed by atoms with van der Waals surface area (Å²) in [5.41, 5.74) is -4.58. The minimum atomic E-state index is -5.21. The van der Waals surface area contributed by atoms with Crippen LogP contribution in [0, 0.1) is 0 Å². The SMILES string of the molecule is C=C(F)\C(=C(/N=C(C)/C(=C/N=CC)C(=C)C(F)(F)F)OC)C(F)(F)F. The number of alkyl halides is 6. The van der Waals surface area contributed by atoms with E-state index < -0.39 is 46.5 Å². The van der Waals surface area contributed by atoms with E-state index >= 15 is 0 Å². The molecule has 0 fully saturated rings. The highest BCUT2D eigenvalue weighted by atomic mass is 19.4. The molecule has 0 saturated heterocycles. The van der Waals surface area contributed by atoms with Gasteiger partial charge in [-0.3, -0.25) is 4.99 Å². The Labute approximate surface area is 139 Å². The van der Waals surface area contributed by atoms with Crippen molar-refractivity contribution in [1.82, 2.24) is 0 Å². The van der Waals surface area contributed by atoms with Crippen molar-refractivity contribution in [2.45, 2.75) is 26.2 Å². The Kier molecular flexibility index (Phi) is 7.81. The van der Waals surface area contributed by atoms with Crippen molar-refractivity contribution in [3.8, 4) is 0 Å². The highest BCUT2D eigenvalue weighted by Crippen LogP contribution is 2.35. The molecule has 3 nitrogen and oxygen atoms in total. The zero-order chi connectivity index (χ0) is 20.0. The molecule has 0 rings (SSSR count). The summed E-state index contributed by atoms with van der Waals surface area (Å²) in [6, 6.07) is 0. The lowest BCUT2D eigenvalue weighted by atomic mass is 10.0. The largest absolute Gasteiger partial charge is 0.480 e. The maximum Gasteiger partial charge on any atom is 0.424 e. The molecule has 0 aromatic carbocycles. The van der Waals surface area contributed by atoms with Gasteiger partial charge in [0.05, 0.1) is 18.4 Å². The van der Waals surface area contributed by atoms with Gasteiger partial charge in [0.1, 0.15) is 5.83 Å². The average molecular weight is 372 g/mol. The van der Waals surface area contributed by atoms with Gasteiger partial charge in [0.2, 0.25) is 5.88 Å². The van der Waals surface area contributed by atoms with Crippen molar-refractivity contribution in [3.63, 3.8) is 0 Å². The summed E-state index contributed by atoms with van der Waals surface area (Å²) in [5.74, 6) is -3.17. The first-order valence-corrected chi connectivity index (χ1v) is 6.47. The summed E-state index contributed by atoms with van der Waals surface area (Å²) in [6.45, 7) is 7.76. The predicted molar refractivity (Wildman–Crippen MR) is 80.9 cm³/mol. The average Bonchev–Trinajstić information content (AvgIpc) is 2.43. The molecule has 0 aliphatic heterocycles. The van der Waals surface area contributed by atoms with Crippen LogP contribution in [0.3, 0.4) is 0 Å². The first-order chi connectivity index (χ1) is 11.3. The molecule has 0 amide bonds. The molecule has 0 aromatic heterocycles. The van der Waals surface area contributed by atoms with Crippen molar-refractivity contribution < 1.29 is 35.5 Å². The molecule has 25 heavy (non-hydrogen) atoms. The maximum absolute atomic E-state index is 13.1. The summed E-state index contributed by atoms with van der Waals surface area (Å²) in [5, 5.41) is 0. The summed E-state index contributed by atoms with van der Waals surface area (Å²) in [7, 11) is 0.757. The fourth-order valence-electron chi connectivity index (χ4n) is 1.50. The number of rotatable bonds is 6. The first-order valence-electron chi connectivity index (χ1n) is 6.47. The van der Waals surface area contributed by atoms with Crippen LogP contribution in [-0.2, 0) is 4.74 Å². The van der Waals surface area contributed by atoms with Crippen LogP contribution in [0.1, 0.15) is 13.8 Å². The molecular formula is C15H15F7N2O. The van der Waals surface area contributed by atoms with E-state index in [9.17, 15) is 30.7 Å². The number of aliphatic imine (C=N–C) groups is 2. The number of allylic oxidation sites excluding steroid dienone is 4. The summed E-state index contributed by atoms with van der Waals surface area (Å²) >= 11 is 0. The molecular weight excluding hydrogens is 357 g/mol. The van der Waals surface area contributed by atoms with Crippen LogP contribution in [0.4, 0.5) is 30.7 Å². The molecule has 0 aliphatic rings. The number of hydrogen-bond acceptors (Lipinski definition) is 3. The van der Waals surface area contributed by atoms with Gasteiger partial charge in [0.25, 0.3) is 0 Å². The van der Waals surface area contributed by atoms with E-state index in [-0.39, 0.29) is 0 Å². The summed E-state index contributed by atoms with van der Waals surface area (Å²) in [6.07, 6.45) is -8.22. The summed E-state index contributed by atoms with van der Waals surface area (Å²) < 4.78 is 94.6. The lowest BCUT2D eigenvalue weighted by molar-refractivity contribution is -0.0945. The molecule has 10 heteroatoms. The van der Waals surface area contributed by atoms with E-state index in [1.54, 1.807) is 0 Å². The molecule has 0 aliphatic carbocycles. The monoisotopic (exact) mass is 372 g/mol. The van der Waals surface area contributed by atoms with Crippen LogP contribution in [0.5, 0.6) is 0 Å². The smallest absolute Gasteiger partial charge is 0.424 e. The maximum atomic E-state index is 13.1. The third kappa shape index (κ3) is 6.55. The van der Waals surface area contributed by atoms with E-state index in [0.29, 0.717) is 0 Å². The molecule has 0 heterocycles. The van der Waals surface area contributed by atoms with Gasteiger partial charge in [-0.05, 0) is 13.8 Å². The van der Waals surface area contributed by atoms with E-state index in [4.69, 9.17) is 0 Å². The minimum Gasteiger partial charge on any atom is -0.480 e. The van der Waals surface area contributed by atoms with Crippen LogP contribution >= 0.6 is 0 Å². The Bertz CT molecular complexity index is 650. The second-order valence-electron chi connectivity index (χ2n) is 4.41. The zero-order valence-electron chi connectivity index (χ0n) is 13.5. The van der Waals surface area contributed by atoms with Gasteiger partial charge in [-0.1, -0.05) is 13.2 Å². The number of ether oxygens (including phenoxy) is 1. The number of halogens is 7. The fraction of sp³-hybridized carbons (Fsp3) is 0.333. The van der Waals surface area contributed by atoms with Crippen molar-refractivity contribution in [1.29, 1.82) is 0 Å². The molecule has 0 spiro atoms. The van der Waals surface area contributed by atoms with Gasteiger partial charge in [-0.25, -0.2) is 9.38 Å². The first kappa shape index (κ1) is 22.6. The van der Waals surface area contributed by atoms with E-state index in [1.165, 1.54) is 6.92 Å². The van der Waals surface area contributed by atoms with Crippen LogP contribution in [-0.4, -0.2) is 31.4 Å². The third-order valence-electron chi connectivity index (χ3n) is 2.64. The highest BCUT2D eigenvalue weighted by Gasteiger charge is 2.40. The normalized spacial score (nSPS) is 15.3. The number of hydrogen-bond donors (Lipinski definition) is 0. The standard InChI is InChI=1S/C15H15F7N2O/c1-6-23-7-11(8(2)14(17,18)19)10(4)24-13(25-5)12(9(3)16)15(20,21)22/h6-7H,2-3H2,1,4-5H3/b11-7+,13-12-,23-6?,24-10+. The van der Waals surface area contributed by atoms with Crippen LogP contribution in [0.2, 0.25) is 0 Å². The Morgan fingerprint density at radius 2 is 1.56 bits per heavy atom. The lowest BCUT2D eigenvalue weighted by Gasteiger charge is -2.15. The topological polar surface area (TPSA) is 34.0 Å². The van der Waals surface area contributed by atoms with Crippen LogP contribution in [0.25, 0.3) is 0 Å². The number of nitrogens with zero attached hydrogens (tertiary/aromatic N) is 2. The zero-order valence-corrected chi connectivity index (χ0v) is 13.5. The lowest BCUT2D eigenvalue weighted by Crippen LogP contribution is -2.18. The van der Waals surface area contributed by atoms with Gasteiger partial charge < -0.3 is 4.74 Å². The summed E-state index contributed by atoms with van der Waals surface area (Å²) in [4.78, 5) is 6.81. The molecule has 0 radical (unpaired) electrons. The van der Waals surface area contributed by atoms with Crippen molar-refractivity contribution >= 4 is 11.9 Å². The molecule has 0 unspecified atom stereocenters. The fourth-order valence-corrected chi connectivity index (χ4v) is 1.50. The quantitative estimate of drug-likeness (QED) is 0.264. The van der Waals surface area contributed by atoms with Crippen molar-refractivity contribution in [2.75, 3.05) is 7.11 Å². The second kappa shape index (κ2) is 8.63.